The predicted molar refractivity (Wildman–Crippen MR) is 61.2 cm³/mol. The first kappa shape index (κ1) is 11.3. The van der Waals surface area contributed by atoms with E-state index in [9.17, 15) is 0 Å². The molecular formula is C10H22N2S. The summed E-state index contributed by atoms with van der Waals surface area (Å²) in [5.74, 6) is 2.52. The molecule has 1 rings (SSSR count). The van der Waals surface area contributed by atoms with E-state index < -0.39 is 0 Å². The number of rotatable bonds is 3. The second kappa shape index (κ2) is 4.67. The van der Waals surface area contributed by atoms with Gasteiger partial charge in [0.1, 0.15) is 0 Å². The number of hydrogen-bond donors (Lipinski definition) is 1. The third kappa shape index (κ3) is 2.39. The molecule has 0 saturated carbocycles. The monoisotopic (exact) mass is 202 g/mol. The summed E-state index contributed by atoms with van der Waals surface area (Å²) in [4.78, 5) is 2.59. The lowest BCUT2D eigenvalue weighted by atomic mass is 9.95. The second-order valence-electron chi connectivity index (χ2n) is 4.17. The van der Waals surface area contributed by atoms with E-state index in [1.165, 1.54) is 18.1 Å². The molecule has 1 heterocycles. The summed E-state index contributed by atoms with van der Waals surface area (Å²) in [7, 11) is 0. The standard InChI is InChI=1S/C10H22N2S/c1-4-10(3,8-11)12-5-6-13-7-9(12)2/h9H,4-8,11H2,1-3H3. The minimum Gasteiger partial charge on any atom is -0.329 e. The molecule has 0 radical (unpaired) electrons. The quantitative estimate of drug-likeness (QED) is 0.753. The Bertz CT molecular complexity index is 157. The Labute approximate surface area is 86.2 Å². The first-order chi connectivity index (χ1) is 6.14. The molecule has 1 aliphatic rings. The molecule has 0 aromatic carbocycles. The van der Waals surface area contributed by atoms with Gasteiger partial charge in [0.2, 0.25) is 0 Å². The number of nitrogens with two attached hydrogens (primary N) is 1. The van der Waals surface area contributed by atoms with Crippen molar-refractivity contribution in [2.24, 2.45) is 5.73 Å². The molecule has 2 unspecified atom stereocenters. The number of thioether (sulfide) groups is 1. The van der Waals surface area contributed by atoms with E-state index in [0.29, 0.717) is 6.04 Å². The van der Waals surface area contributed by atoms with Gasteiger partial charge in [0, 0.05) is 36.2 Å². The predicted octanol–water partition coefficient (Wildman–Crippen LogP) is 1.55. The van der Waals surface area contributed by atoms with Gasteiger partial charge in [-0.2, -0.15) is 11.8 Å². The van der Waals surface area contributed by atoms with Gasteiger partial charge in [0.05, 0.1) is 0 Å². The van der Waals surface area contributed by atoms with Gasteiger partial charge < -0.3 is 5.73 Å². The highest BCUT2D eigenvalue weighted by Gasteiger charge is 2.33. The van der Waals surface area contributed by atoms with Crippen molar-refractivity contribution >= 4 is 11.8 Å². The van der Waals surface area contributed by atoms with Crippen LogP contribution in [0, 0.1) is 0 Å². The molecule has 0 amide bonds. The molecule has 0 bridgehead atoms. The topological polar surface area (TPSA) is 29.3 Å². The summed E-state index contributed by atoms with van der Waals surface area (Å²) in [5.41, 5.74) is 6.08. The van der Waals surface area contributed by atoms with E-state index >= 15 is 0 Å². The van der Waals surface area contributed by atoms with Gasteiger partial charge >= 0.3 is 0 Å². The zero-order chi connectivity index (χ0) is 9.90. The minimum absolute atomic E-state index is 0.223. The molecular weight excluding hydrogens is 180 g/mol. The molecule has 78 valence electrons. The summed E-state index contributed by atoms with van der Waals surface area (Å²) in [5, 5.41) is 0. The lowest BCUT2D eigenvalue weighted by Gasteiger charge is -2.46. The zero-order valence-corrected chi connectivity index (χ0v) is 9.86. The summed E-state index contributed by atoms with van der Waals surface area (Å²) in [6.45, 7) is 8.82. The van der Waals surface area contributed by atoms with E-state index in [1.54, 1.807) is 0 Å². The Morgan fingerprint density at radius 2 is 2.31 bits per heavy atom. The summed E-state index contributed by atoms with van der Waals surface area (Å²) in [6, 6.07) is 0.687. The maximum Gasteiger partial charge on any atom is 0.0304 e. The van der Waals surface area contributed by atoms with Crippen LogP contribution in [0.25, 0.3) is 0 Å². The Morgan fingerprint density at radius 3 is 2.77 bits per heavy atom. The molecule has 2 N–H and O–H groups in total. The van der Waals surface area contributed by atoms with Crippen molar-refractivity contribution in [3.05, 3.63) is 0 Å². The van der Waals surface area contributed by atoms with Crippen LogP contribution in [0.15, 0.2) is 0 Å². The summed E-state index contributed by atoms with van der Waals surface area (Å²) < 4.78 is 0. The van der Waals surface area contributed by atoms with Crippen LogP contribution in [0.1, 0.15) is 27.2 Å². The normalized spacial score (nSPS) is 30.0. The first-order valence-corrected chi connectivity index (χ1v) is 6.34. The molecule has 0 aromatic heterocycles. The van der Waals surface area contributed by atoms with Gasteiger partial charge in [0.15, 0.2) is 0 Å². The Balaban J connectivity index is 2.65. The highest BCUT2D eigenvalue weighted by molar-refractivity contribution is 7.99. The molecule has 13 heavy (non-hydrogen) atoms. The zero-order valence-electron chi connectivity index (χ0n) is 9.05. The molecule has 2 nitrogen and oxygen atoms in total. The van der Waals surface area contributed by atoms with Gasteiger partial charge in [0.25, 0.3) is 0 Å². The average Bonchev–Trinajstić information content (AvgIpc) is 2.17. The molecule has 0 aliphatic carbocycles. The van der Waals surface area contributed by atoms with Gasteiger partial charge in [-0.1, -0.05) is 6.92 Å². The van der Waals surface area contributed by atoms with E-state index in [-0.39, 0.29) is 5.54 Å². The van der Waals surface area contributed by atoms with E-state index in [4.69, 9.17) is 5.73 Å². The fourth-order valence-electron chi connectivity index (χ4n) is 1.99. The average molecular weight is 202 g/mol. The lowest BCUT2D eigenvalue weighted by molar-refractivity contribution is 0.0784. The van der Waals surface area contributed by atoms with Crippen molar-refractivity contribution in [3.63, 3.8) is 0 Å². The Kier molecular flexibility index (Phi) is 4.07. The van der Waals surface area contributed by atoms with Crippen molar-refractivity contribution in [2.75, 3.05) is 24.6 Å². The maximum atomic E-state index is 5.86. The van der Waals surface area contributed by atoms with Gasteiger partial charge in [-0.3, -0.25) is 4.90 Å². The van der Waals surface area contributed by atoms with Crippen LogP contribution >= 0.6 is 11.8 Å². The van der Waals surface area contributed by atoms with Crippen molar-refractivity contribution in [1.82, 2.24) is 4.90 Å². The van der Waals surface area contributed by atoms with Crippen LogP contribution in [0.3, 0.4) is 0 Å². The SMILES string of the molecule is CCC(C)(CN)N1CCSCC1C. The molecule has 2 atom stereocenters. The van der Waals surface area contributed by atoms with Crippen molar-refractivity contribution in [2.45, 2.75) is 38.8 Å². The van der Waals surface area contributed by atoms with Gasteiger partial charge in [-0.05, 0) is 20.3 Å². The third-order valence-electron chi connectivity index (χ3n) is 3.26. The Hall–Kier alpha value is 0.270. The van der Waals surface area contributed by atoms with Gasteiger partial charge in [-0.25, -0.2) is 0 Å². The highest BCUT2D eigenvalue weighted by atomic mass is 32.2. The van der Waals surface area contributed by atoms with Crippen LogP contribution in [0.4, 0.5) is 0 Å². The van der Waals surface area contributed by atoms with Gasteiger partial charge in [-0.15, -0.1) is 0 Å². The van der Waals surface area contributed by atoms with E-state index in [2.05, 4.69) is 37.4 Å². The second-order valence-corrected chi connectivity index (χ2v) is 5.32. The van der Waals surface area contributed by atoms with E-state index in [0.717, 1.165) is 13.0 Å². The number of hydrogen-bond acceptors (Lipinski definition) is 3. The van der Waals surface area contributed by atoms with Crippen LogP contribution in [0.2, 0.25) is 0 Å². The van der Waals surface area contributed by atoms with Crippen LogP contribution in [0.5, 0.6) is 0 Å². The molecule has 3 heteroatoms. The van der Waals surface area contributed by atoms with Crippen LogP contribution in [-0.2, 0) is 0 Å². The van der Waals surface area contributed by atoms with Crippen molar-refractivity contribution in [3.8, 4) is 0 Å². The molecule has 1 saturated heterocycles. The van der Waals surface area contributed by atoms with Crippen molar-refractivity contribution < 1.29 is 0 Å². The lowest BCUT2D eigenvalue weighted by Crippen LogP contribution is -2.57. The summed E-state index contributed by atoms with van der Waals surface area (Å²) in [6.07, 6.45) is 1.15. The Morgan fingerprint density at radius 1 is 1.62 bits per heavy atom. The highest BCUT2D eigenvalue weighted by Crippen LogP contribution is 2.26. The third-order valence-corrected chi connectivity index (χ3v) is 4.45. The molecule has 0 aromatic rings. The maximum absolute atomic E-state index is 5.86. The van der Waals surface area contributed by atoms with Crippen molar-refractivity contribution in [1.29, 1.82) is 0 Å². The van der Waals surface area contributed by atoms with Crippen LogP contribution in [-0.4, -0.2) is 41.1 Å². The fourth-order valence-corrected chi connectivity index (χ4v) is 3.01. The molecule has 1 aliphatic heterocycles. The largest absolute Gasteiger partial charge is 0.329 e. The minimum atomic E-state index is 0.223. The first-order valence-electron chi connectivity index (χ1n) is 5.18. The summed E-state index contributed by atoms with van der Waals surface area (Å²) >= 11 is 2.06. The molecule has 1 fully saturated rings. The smallest absolute Gasteiger partial charge is 0.0304 e. The van der Waals surface area contributed by atoms with E-state index in [1.807, 2.05) is 0 Å². The van der Waals surface area contributed by atoms with Crippen LogP contribution < -0.4 is 5.73 Å². The number of nitrogens with zero attached hydrogens (tertiary/aromatic N) is 1. The fraction of sp³-hybridized carbons (Fsp3) is 1.00. The molecule has 0 spiro atoms.